The Morgan fingerprint density at radius 2 is 2.25 bits per heavy atom. The van der Waals surface area contributed by atoms with Gasteiger partial charge in [-0.2, -0.15) is 5.10 Å². The number of aromatic nitrogens is 3. The molecule has 1 aliphatic heterocycles. The number of benzene rings is 1. The van der Waals surface area contributed by atoms with E-state index >= 15 is 0 Å². The first-order chi connectivity index (χ1) is 11.4. The monoisotopic (exact) mass is 349 g/mol. The molecule has 2 heterocycles. The number of sulfonamides is 1. The molecule has 1 atom stereocenters. The molecule has 1 aliphatic rings. The highest BCUT2D eigenvalue weighted by Gasteiger charge is 2.30. The molecule has 0 fully saturated rings. The van der Waals surface area contributed by atoms with Gasteiger partial charge in [-0.1, -0.05) is 0 Å². The minimum Gasteiger partial charge on any atom is -0.309 e. The largest absolute Gasteiger partial charge is 0.309 e. The van der Waals surface area contributed by atoms with Crippen molar-refractivity contribution in [2.24, 2.45) is 0 Å². The zero-order chi connectivity index (χ0) is 17.3. The molecule has 0 saturated carbocycles. The number of rotatable bonds is 5. The Balaban J connectivity index is 1.75. The Labute approximate surface area is 140 Å². The first-order valence-electron chi connectivity index (χ1n) is 7.65. The Bertz CT molecular complexity index is 848. The van der Waals surface area contributed by atoms with Crippen molar-refractivity contribution in [2.45, 2.75) is 37.6 Å². The number of H-pyrrole nitrogens is 1. The van der Waals surface area contributed by atoms with E-state index in [1.54, 1.807) is 17.0 Å². The van der Waals surface area contributed by atoms with Crippen LogP contribution < -0.4 is 9.62 Å². The van der Waals surface area contributed by atoms with Crippen molar-refractivity contribution in [3.8, 4) is 0 Å². The predicted octanol–water partition coefficient (Wildman–Crippen LogP) is 0.623. The van der Waals surface area contributed by atoms with Gasteiger partial charge in [0.1, 0.15) is 12.2 Å². The van der Waals surface area contributed by atoms with Gasteiger partial charge in [-0.25, -0.2) is 18.1 Å². The zero-order valence-corrected chi connectivity index (χ0v) is 14.3. The van der Waals surface area contributed by atoms with Gasteiger partial charge < -0.3 is 4.90 Å². The molecule has 1 unspecified atom stereocenters. The number of nitrogens with zero attached hydrogens (tertiary/aromatic N) is 3. The highest BCUT2D eigenvalue weighted by molar-refractivity contribution is 7.89. The Morgan fingerprint density at radius 3 is 2.92 bits per heavy atom. The maximum Gasteiger partial charge on any atom is 0.240 e. The lowest BCUT2D eigenvalue weighted by Gasteiger charge is -2.20. The Morgan fingerprint density at radius 1 is 1.46 bits per heavy atom. The van der Waals surface area contributed by atoms with Crippen LogP contribution in [0.1, 0.15) is 25.2 Å². The summed E-state index contributed by atoms with van der Waals surface area (Å²) in [6.45, 7) is 3.69. The summed E-state index contributed by atoms with van der Waals surface area (Å²) in [4.78, 5) is 17.6. The molecule has 9 heteroatoms. The highest BCUT2D eigenvalue weighted by atomic mass is 32.2. The van der Waals surface area contributed by atoms with Crippen LogP contribution in [0.3, 0.4) is 0 Å². The average Bonchev–Trinajstić information content (AvgIpc) is 3.12. The number of anilines is 1. The minimum absolute atomic E-state index is 0.0369. The lowest BCUT2D eigenvalue weighted by Crippen LogP contribution is -2.33. The molecule has 0 spiro atoms. The molecule has 0 saturated heterocycles. The van der Waals surface area contributed by atoms with Crippen molar-refractivity contribution in [3.05, 3.63) is 35.9 Å². The third-order valence-electron chi connectivity index (χ3n) is 4.03. The summed E-state index contributed by atoms with van der Waals surface area (Å²) in [6.07, 6.45) is 2.46. The van der Waals surface area contributed by atoms with Crippen molar-refractivity contribution in [1.82, 2.24) is 19.9 Å². The lowest BCUT2D eigenvalue weighted by molar-refractivity contribution is -0.116. The summed E-state index contributed by atoms with van der Waals surface area (Å²) in [5.41, 5.74) is 1.66. The second-order valence-corrected chi connectivity index (χ2v) is 7.58. The second-order valence-electron chi connectivity index (χ2n) is 5.81. The second kappa shape index (κ2) is 6.33. The number of nitrogens with one attached hydrogen (secondary N) is 2. The van der Waals surface area contributed by atoms with Gasteiger partial charge in [-0.15, -0.1) is 0 Å². The Hall–Kier alpha value is -2.26. The highest BCUT2D eigenvalue weighted by Crippen LogP contribution is 2.33. The van der Waals surface area contributed by atoms with E-state index in [0.717, 1.165) is 11.3 Å². The molecule has 1 aromatic heterocycles. The van der Waals surface area contributed by atoms with Gasteiger partial charge in [0.2, 0.25) is 15.9 Å². The number of fused-ring (bicyclic) bond motifs is 1. The topological polar surface area (TPSA) is 108 Å². The van der Waals surface area contributed by atoms with Crippen LogP contribution in [0.2, 0.25) is 0 Å². The van der Waals surface area contributed by atoms with E-state index in [9.17, 15) is 13.2 Å². The van der Waals surface area contributed by atoms with Gasteiger partial charge in [-0.3, -0.25) is 9.89 Å². The van der Waals surface area contributed by atoms with E-state index in [-0.39, 0.29) is 23.4 Å². The van der Waals surface area contributed by atoms with E-state index in [1.165, 1.54) is 19.3 Å². The van der Waals surface area contributed by atoms with Gasteiger partial charge in [0.15, 0.2) is 0 Å². The SMILES string of the molecule is CC(=O)N1c2ccc(S(=O)(=O)NCCc3ncn[nH]3)cc2CC1C. The van der Waals surface area contributed by atoms with Crippen LogP contribution in [0, 0.1) is 0 Å². The number of aromatic amines is 1. The molecule has 1 amide bonds. The van der Waals surface area contributed by atoms with E-state index in [2.05, 4.69) is 19.9 Å². The van der Waals surface area contributed by atoms with Crippen molar-refractivity contribution in [2.75, 3.05) is 11.4 Å². The number of amides is 1. The predicted molar refractivity (Wildman–Crippen MR) is 88.0 cm³/mol. The summed E-state index contributed by atoms with van der Waals surface area (Å²) in [5.74, 6) is 0.583. The van der Waals surface area contributed by atoms with Gasteiger partial charge in [-0.05, 0) is 37.1 Å². The number of hydrogen-bond acceptors (Lipinski definition) is 5. The van der Waals surface area contributed by atoms with E-state index in [4.69, 9.17) is 0 Å². The minimum atomic E-state index is -3.61. The normalized spacial score (nSPS) is 17.1. The van der Waals surface area contributed by atoms with Crippen LogP contribution in [0.15, 0.2) is 29.4 Å². The van der Waals surface area contributed by atoms with Crippen molar-refractivity contribution < 1.29 is 13.2 Å². The number of carbonyl (C=O) groups excluding carboxylic acids is 1. The third kappa shape index (κ3) is 3.17. The zero-order valence-electron chi connectivity index (χ0n) is 13.5. The van der Waals surface area contributed by atoms with Crippen molar-refractivity contribution >= 4 is 21.6 Å². The molecule has 0 bridgehead atoms. The quantitative estimate of drug-likeness (QED) is 0.823. The molecule has 3 rings (SSSR count). The van der Waals surface area contributed by atoms with Crippen LogP contribution in [-0.4, -0.2) is 42.1 Å². The summed E-state index contributed by atoms with van der Waals surface area (Å²) < 4.78 is 27.4. The first-order valence-corrected chi connectivity index (χ1v) is 9.13. The van der Waals surface area contributed by atoms with Crippen LogP contribution >= 0.6 is 0 Å². The fourth-order valence-corrected chi connectivity index (χ4v) is 4.07. The first kappa shape index (κ1) is 16.6. The molecule has 1 aromatic carbocycles. The number of carbonyl (C=O) groups is 1. The van der Waals surface area contributed by atoms with Gasteiger partial charge in [0.25, 0.3) is 0 Å². The van der Waals surface area contributed by atoms with Crippen LogP contribution in [0.25, 0.3) is 0 Å². The van der Waals surface area contributed by atoms with Gasteiger partial charge in [0.05, 0.1) is 4.90 Å². The lowest BCUT2D eigenvalue weighted by atomic mass is 10.1. The molecule has 24 heavy (non-hydrogen) atoms. The summed E-state index contributed by atoms with van der Waals surface area (Å²) in [5, 5.41) is 6.40. The maximum absolute atomic E-state index is 12.4. The van der Waals surface area contributed by atoms with E-state index < -0.39 is 10.0 Å². The van der Waals surface area contributed by atoms with E-state index in [1.807, 2.05) is 6.92 Å². The Kier molecular flexibility index (Phi) is 4.37. The van der Waals surface area contributed by atoms with Crippen LogP contribution in [-0.2, 0) is 27.7 Å². The smallest absolute Gasteiger partial charge is 0.240 e. The average molecular weight is 349 g/mol. The molecule has 128 valence electrons. The molecule has 2 N–H and O–H groups in total. The summed E-state index contributed by atoms with van der Waals surface area (Å²) >= 11 is 0. The van der Waals surface area contributed by atoms with Crippen molar-refractivity contribution in [1.29, 1.82) is 0 Å². The molecule has 0 radical (unpaired) electrons. The standard InChI is InChI=1S/C15H19N5O3S/c1-10-7-12-8-13(3-4-14(12)20(10)11(2)21)24(22,23)18-6-5-15-16-9-17-19-15/h3-4,8-10,18H,5-7H2,1-2H3,(H,16,17,19). The van der Waals surface area contributed by atoms with Crippen LogP contribution in [0.5, 0.6) is 0 Å². The summed E-state index contributed by atoms with van der Waals surface area (Å²) in [7, 11) is -3.61. The van der Waals surface area contributed by atoms with Crippen LogP contribution in [0.4, 0.5) is 5.69 Å². The van der Waals surface area contributed by atoms with E-state index in [0.29, 0.717) is 18.7 Å². The third-order valence-corrected chi connectivity index (χ3v) is 5.49. The van der Waals surface area contributed by atoms with Crippen molar-refractivity contribution in [3.63, 3.8) is 0 Å². The maximum atomic E-state index is 12.4. The molecular formula is C15H19N5O3S. The number of hydrogen-bond donors (Lipinski definition) is 2. The fourth-order valence-electron chi connectivity index (χ4n) is 2.99. The van der Waals surface area contributed by atoms with Gasteiger partial charge in [0, 0.05) is 31.6 Å². The molecule has 8 nitrogen and oxygen atoms in total. The molecule has 0 aliphatic carbocycles. The van der Waals surface area contributed by atoms with Gasteiger partial charge >= 0.3 is 0 Å². The fraction of sp³-hybridized carbons (Fsp3) is 0.400. The molecule has 2 aromatic rings. The summed E-state index contributed by atoms with van der Waals surface area (Å²) in [6, 6.07) is 4.91. The molecular weight excluding hydrogens is 330 g/mol.